The predicted molar refractivity (Wildman–Crippen MR) is 85.5 cm³/mol. The van der Waals surface area contributed by atoms with Gasteiger partial charge in [-0.2, -0.15) is 0 Å². The van der Waals surface area contributed by atoms with Crippen LogP contribution in [0.25, 0.3) is 0 Å². The number of aromatic nitrogens is 1. The molecule has 114 valence electrons. The molecule has 21 heavy (non-hydrogen) atoms. The first-order valence-electron chi connectivity index (χ1n) is 6.92. The fourth-order valence-electron chi connectivity index (χ4n) is 2.40. The van der Waals surface area contributed by atoms with Crippen molar-refractivity contribution >= 4 is 23.1 Å². The molecule has 6 nitrogen and oxygen atoms in total. The lowest BCUT2D eigenvalue weighted by Gasteiger charge is -2.37. The van der Waals surface area contributed by atoms with Gasteiger partial charge in [-0.1, -0.05) is 12.2 Å². The topological polar surface area (TPSA) is 82.4 Å². The lowest BCUT2D eigenvalue weighted by Crippen LogP contribution is -2.54. The molecule has 0 aliphatic carbocycles. The molecule has 1 saturated heterocycles. The number of nitrogens with one attached hydrogen (secondary N) is 1. The summed E-state index contributed by atoms with van der Waals surface area (Å²) in [6.07, 6.45) is 1.49. The van der Waals surface area contributed by atoms with Crippen LogP contribution in [0.4, 0.5) is 0 Å². The molecule has 1 atom stereocenters. The molecule has 1 unspecified atom stereocenters. The molecule has 1 aliphatic heterocycles. The Morgan fingerprint density at radius 3 is 2.52 bits per heavy atom. The fraction of sp³-hybridized carbons (Fsp3) is 0.500. The van der Waals surface area contributed by atoms with Gasteiger partial charge >= 0.3 is 0 Å². The van der Waals surface area contributed by atoms with Gasteiger partial charge in [-0.25, -0.2) is 0 Å². The van der Waals surface area contributed by atoms with Crippen molar-refractivity contribution in [2.24, 2.45) is 5.73 Å². The van der Waals surface area contributed by atoms with Gasteiger partial charge < -0.3 is 15.6 Å². The number of pyridine rings is 1. The smallest absolute Gasteiger partial charge is 0.259 e. The number of piperazine rings is 1. The van der Waals surface area contributed by atoms with Crippen molar-refractivity contribution in [2.75, 3.05) is 26.2 Å². The van der Waals surface area contributed by atoms with Gasteiger partial charge in [0.25, 0.3) is 5.91 Å². The molecular formula is C14H20N4O2S. The average molecular weight is 308 g/mol. The zero-order valence-corrected chi connectivity index (χ0v) is 13.1. The lowest BCUT2D eigenvalue weighted by molar-refractivity contribution is 0.0620. The van der Waals surface area contributed by atoms with Gasteiger partial charge in [0.2, 0.25) is 0 Å². The van der Waals surface area contributed by atoms with Crippen LogP contribution in [0.1, 0.15) is 23.0 Å². The molecule has 0 aromatic carbocycles. The quantitative estimate of drug-likeness (QED) is 0.775. The normalized spacial score (nSPS) is 17.5. The zero-order chi connectivity index (χ0) is 15.6. The average Bonchev–Trinajstić information content (AvgIpc) is 2.46. The summed E-state index contributed by atoms with van der Waals surface area (Å²) in [6.45, 7) is 6.29. The number of carbonyl (C=O) groups is 1. The van der Waals surface area contributed by atoms with E-state index in [1.807, 2.05) is 6.92 Å². The highest BCUT2D eigenvalue weighted by atomic mass is 32.1. The summed E-state index contributed by atoms with van der Waals surface area (Å²) in [5, 5.41) is 0. The van der Waals surface area contributed by atoms with Crippen LogP contribution in [0.3, 0.4) is 0 Å². The third-order valence-electron chi connectivity index (χ3n) is 3.85. The van der Waals surface area contributed by atoms with E-state index in [1.165, 1.54) is 12.3 Å². The van der Waals surface area contributed by atoms with E-state index in [1.54, 1.807) is 11.8 Å². The third kappa shape index (κ3) is 3.48. The maximum atomic E-state index is 12.4. The summed E-state index contributed by atoms with van der Waals surface area (Å²) in [5.74, 6) is -0.223. The van der Waals surface area contributed by atoms with Crippen molar-refractivity contribution in [1.29, 1.82) is 0 Å². The van der Waals surface area contributed by atoms with E-state index in [2.05, 4.69) is 9.88 Å². The minimum atomic E-state index is -0.241. The first-order chi connectivity index (χ1) is 9.90. The van der Waals surface area contributed by atoms with Crippen LogP contribution >= 0.6 is 12.2 Å². The van der Waals surface area contributed by atoms with Crippen molar-refractivity contribution in [3.63, 3.8) is 0 Å². The fourth-order valence-corrected chi connectivity index (χ4v) is 2.55. The van der Waals surface area contributed by atoms with Gasteiger partial charge in [-0.15, -0.1) is 0 Å². The molecule has 1 fully saturated rings. The first-order valence-corrected chi connectivity index (χ1v) is 7.33. The van der Waals surface area contributed by atoms with Crippen LogP contribution in [-0.2, 0) is 0 Å². The second-order valence-corrected chi connectivity index (χ2v) is 5.77. The van der Waals surface area contributed by atoms with Gasteiger partial charge in [-0.3, -0.25) is 14.5 Å². The molecule has 0 bridgehead atoms. The molecule has 0 radical (unpaired) electrons. The largest absolute Gasteiger partial charge is 0.392 e. The van der Waals surface area contributed by atoms with E-state index in [0.29, 0.717) is 31.2 Å². The van der Waals surface area contributed by atoms with Crippen LogP contribution in [-0.4, -0.2) is 57.9 Å². The van der Waals surface area contributed by atoms with Crippen molar-refractivity contribution in [1.82, 2.24) is 14.8 Å². The highest BCUT2D eigenvalue weighted by Crippen LogP contribution is 2.09. The molecule has 0 saturated carbocycles. The van der Waals surface area contributed by atoms with Crippen LogP contribution in [0.5, 0.6) is 0 Å². The van der Waals surface area contributed by atoms with E-state index in [9.17, 15) is 9.59 Å². The van der Waals surface area contributed by atoms with Crippen molar-refractivity contribution < 1.29 is 4.79 Å². The summed E-state index contributed by atoms with van der Waals surface area (Å²) in [4.78, 5) is 31.5. The number of thiocarbonyl (C=S) groups is 1. The van der Waals surface area contributed by atoms with E-state index in [0.717, 1.165) is 5.69 Å². The van der Waals surface area contributed by atoms with E-state index in [4.69, 9.17) is 18.0 Å². The minimum absolute atomic E-state index is 0.0278. The van der Waals surface area contributed by atoms with Crippen LogP contribution in [0, 0.1) is 6.92 Å². The summed E-state index contributed by atoms with van der Waals surface area (Å²) in [6, 6.07) is 1.47. The number of aromatic amines is 1. The first kappa shape index (κ1) is 15.7. The number of rotatable bonds is 3. The Balaban J connectivity index is 2.03. The molecule has 3 N–H and O–H groups in total. The van der Waals surface area contributed by atoms with Gasteiger partial charge in [0.15, 0.2) is 5.43 Å². The number of hydrogen-bond acceptors (Lipinski definition) is 4. The van der Waals surface area contributed by atoms with Crippen LogP contribution in [0.2, 0.25) is 0 Å². The number of hydrogen-bond donors (Lipinski definition) is 2. The summed E-state index contributed by atoms with van der Waals surface area (Å²) in [7, 11) is 0. The Morgan fingerprint density at radius 2 is 2.00 bits per heavy atom. The second-order valence-electron chi connectivity index (χ2n) is 5.30. The van der Waals surface area contributed by atoms with E-state index >= 15 is 0 Å². The lowest BCUT2D eigenvalue weighted by atomic mass is 10.2. The minimum Gasteiger partial charge on any atom is -0.392 e. The standard InChI is InChI=1S/C14H20N4O2S/c1-9-7-12(19)11(8-16-9)14(20)18-5-3-17(4-6-18)10(2)13(15)21/h7-8,10H,3-6H2,1-2H3,(H2,15,21)(H,16,19). The predicted octanol–water partition coefficient (Wildman–Crippen LogP) is 0.116. The van der Waals surface area contributed by atoms with Gasteiger partial charge in [0.1, 0.15) is 5.56 Å². The summed E-state index contributed by atoms with van der Waals surface area (Å²) < 4.78 is 0. The molecule has 7 heteroatoms. The molecule has 1 aromatic heterocycles. The molecule has 2 rings (SSSR count). The zero-order valence-electron chi connectivity index (χ0n) is 12.3. The highest BCUT2D eigenvalue weighted by molar-refractivity contribution is 7.80. The number of carbonyl (C=O) groups excluding carboxylic acids is 1. The monoisotopic (exact) mass is 308 g/mol. The van der Waals surface area contributed by atoms with E-state index in [-0.39, 0.29) is 22.9 Å². The van der Waals surface area contributed by atoms with Gasteiger partial charge in [-0.05, 0) is 13.8 Å². The summed E-state index contributed by atoms with van der Waals surface area (Å²) in [5.41, 5.74) is 6.34. The number of aryl methyl sites for hydroxylation is 1. The van der Waals surface area contributed by atoms with Gasteiger partial charge in [0.05, 0.1) is 11.0 Å². The molecule has 0 spiro atoms. The number of nitrogens with two attached hydrogens (primary N) is 1. The number of nitrogens with zero attached hydrogens (tertiary/aromatic N) is 2. The molecule has 2 heterocycles. The van der Waals surface area contributed by atoms with E-state index < -0.39 is 0 Å². The Labute approximate surface area is 128 Å². The Hall–Kier alpha value is -1.73. The Bertz CT molecular complexity index is 605. The maximum Gasteiger partial charge on any atom is 0.259 e. The third-order valence-corrected chi connectivity index (χ3v) is 4.19. The molecule has 1 amide bonds. The molecular weight excluding hydrogens is 288 g/mol. The number of amides is 1. The van der Waals surface area contributed by atoms with Crippen molar-refractivity contribution in [2.45, 2.75) is 19.9 Å². The van der Waals surface area contributed by atoms with Crippen LogP contribution < -0.4 is 11.2 Å². The molecule has 1 aromatic rings. The number of H-pyrrole nitrogens is 1. The molecule has 1 aliphatic rings. The SMILES string of the molecule is Cc1cc(=O)c(C(=O)N2CCN(C(C)C(N)=S)CC2)c[nH]1. The Morgan fingerprint density at radius 1 is 1.38 bits per heavy atom. The maximum absolute atomic E-state index is 12.4. The Kier molecular flexibility index (Phi) is 4.74. The van der Waals surface area contributed by atoms with Gasteiger partial charge in [0, 0.05) is 44.1 Å². The van der Waals surface area contributed by atoms with Crippen molar-refractivity contribution in [3.05, 3.63) is 33.7 Å². The highest BCUT2D eigenvalue weighted by Gasteiger charge is 2.26. The van der Waals surface area contributed by atoms with Crippen LogP contribution in [0.15, 0.2) is 17.1 Å². The summed E-state index contributed by atoms with van der Waals surface area (Å²) >= 11 is 5.00. The van der Waals surface area contributed by atoms with Crippen molar-refractivity contribution in [3.8, 4) is 0 Å². The second kappa shape index (κ2) is 6.36.